The summed E-state index contributed by atoms with van der Waals surface area (Å²) in [6.45, 7) is 0. The molecule has 74 valence electrons. The normalized spacial score (nSPS) is 10.4. The highest BCUT2D eigenvalue weighted by molar-refractivity contribution is 6.23. The van der Waals surface area contributed by atoms with Crippen molar-refractivity contribution >= 4 is 17.9 Å². The second kappa shape index (κ2) is 4.27. The summed E-state index contributed by atoms with van der Waals surface area (Å²) in [5.41, 5.74) is 0.188. The lowest BCUT2D eigenvalue weighted by atomic mass is 10.3. The van der Waals surface area contributed by atoms with Crippen molar-refractivity contribution in [2.24, 2.45) is 4.99 Å². The zero-order chi connectivity index (χ0) is 10.6. The van der Waals surface area contributed by atoms with Gasteiger partial charge in [0.25, 0.3) is 0 Å². The van der Waals surface area contributed by atoms with Gasteiger partial charge in [0, 0.05) is 6.07 Å². The van der Waals surface area contributed by atoms with Crippen LogP contribution in [0.2, 0.25) is 0 Å². The molecular formula is C9H9NO4. The van der Waals surface area contributed by atoms with Gasteiger partial charge in [0.1, 0.15) is 23.4 Å². The van der Waals surface area contributed by atoms with Gasteiger partial charge in [0.2, 0.25) is 0 Å². The molecule has 0 aliphatic heterocycles. The first-order chi connectivity index (χ1) is 6.63. The predicted molar refractivity (Wildman–Crippen MR) is 49.9 cm³/mol. The summed E-state index contributed by atoms with van der Waals surface area (Å²) in [6, 6.07) is 3.86. The number of carbonyl (C=O) groups is 1. The highest BCUT2D eigenvalue weighted by Crippen LogP contribution is 2.29. The quantitative estimate of drug-likeness (QED) is 0.544. The smallest absolute Gasteiger partial charge is 0.349 e. The lowest BCUT2D eigenvalue weighted by molar-refractivity contribution is -0.132. The molecule has 0 aliphatic rings. The van der Waals surface area contributed by atoms with Crippen LogP contribution in [-0.4, -0.2) is 29.5 Å². The molecule has 0 aromatic heterocycles. The highest BCUT2D eigenvalue weighted by Gasteiger charge is 2.00. The van der Waals surface area contributed by atoms with E-state index >= 15 is 0 Å². The predicted octanol–water partition coefficient (Wildman–Crippen LogP) is 0.973. The van der Waals surface area contributed by atoms with Gasteiger partial charge in [-0.15, -0.1) is 0 Å². The third kappa shape index (κ3) is 2.48. The van der Waals surface area contributed by atoms with Crippen LogP contribution < -0.4 is 0 Å². The van der Waals surface area contributed by atoms with Gasteiger partial charge in [-0.05, 0) is 12.1 Å². The number of esters is 1. The Morgan fingerprint density at radius 1 is 1.50 bits per heavy atom. The van der Waals surface area contributed by atoms with E-state index in [-0.39, 0.29) is 17.2 Å². The van der Waals surface area contributed by atoms with E-state index in [1.165, 1.54) is 19.2 Å². The van der Waals surface area contributed by atoms with Gasteiger partial charge < -0.3 is 14.9 Å². The lowest BCUT2D eigenvalue weighted by Gasteiger charge is -1.98. The molecule has 0 aliphatic carbocycles. The Morgan fingerprint density at radius 3 is 2.79 bits per heavy atom. The summed E-state index contributed by atoms with van der Waals surface area (Å²) in [7, 11) is 1.23. The molecule has 0 atom stereocenters. The van der Waals surface area contributed by atoms with E-state index < -0.39 is 5.97 Å². The van der Waals surface area contributed by atoms with Crippen LogP contribution in [-0.2, 0) is 9.53 Å². The molecule has 0 saturated heterocycles. The van der Waals surface area contributed by atoms with E-state index in [1.54, 1.807) is 0 Å². The summed E-state index contributed by atoms with van der Waals surface area (Å²) in [4.78, 5) is 14.3. The number of aromatic hydroxyl groups is 2. The van der Waals surface area contributed by atoms with Crippen LogP contribution in [0.15, 0.2) is 23.2 Å². The number of rotatable bonds is 2. The molecular weight excluding hydrogens is 186 g/mol. The zero-order valence-electron chi connectivity index (χ0n) is 7.47. The topological polar surface area (TPSA) is 79.1 Å². The monoisotopic (exact) mass is 195 g/mol. The van der Waals surface area contributed by atoms with E-state index in [0.29, 0.717) is 0 Å². The van der Waals surface area contributed by atoms with Crippen LogP contribution in [0.4, 0.5) is 5.69 Å². The number of aliphatic imine (C=N–C) groups is 1. The van der Waals surface area contributed by atoms with Gasteiger partial charge in [0.05, 0.1) is 7.11 Å². The molecule has 0 amide bonds. The van der Waals surface area contributed by atoms with Crippen molar-refractivity contribution in [2.75, 3.05) is 7.11 Å². The summed E-state index contributed by atoms with van der Waals surface area (Å²) in [5.74, 6) is -0.887. The minimum Gasteiger partial charge on any atom is -0.508 e. The molecule has 0 bridgehead atoms. The molecule has 5 heteroatoms. The van der Waals surface area contributed by atoms with E-state index in [2.05, 4.69) is 9.73 Å². The Labute approximate surface area is 80.3 Å². The lowest BCUT2D eigenvalue weighted by Crippen LogP contribution is -1.99. The number of hydrogen-bond acceptors (Lipinski definition) is 5. The number of ether oxygens (including phenoxy) is 1. The van der Waals surface area contributed by atoms with Crippen molar-refractivity contribution in [3.05, 3.63) is 18.2 Å². The van der Waals surface area contributed by atoms with Gasteiger partial charge in [0.15, 0.2) is 0 Å². The number of hydrogen-bond donors (Lipinski definition) is 2. The summed E-state index contributed by atoms with van der Waals surface area (Å²) in [6.07, 6.45) is 0.937. The first-order valence-electron chi connectivity index (χ1n) is 3.77. The molecule has 1 aromatic rings. The van der Waals surface area contributed by atoms with Gasteiger partial charge >= 0.3 is 5.97 Å². The number of nitrogens with zero attached hydrogens (tertiary/aromatic N) is 1. The van der Waals surface area contributed by atoms with Crippen LogP contribution in [0, 0.1) is 0 Å². The van der Waals surface area contributed by atoms with Gasteiger partial charge in [-0.3, -0.25) is 0 Å². The summed E-state index contributed by atoms with van der Waals surface area (Å²) >= 11 is 0. The molecule has 2 N–H and O–H groups in total. The Hall–Kier alpha value is -2.04. The van der Waals surface area contributed by atoms with Crippen molar-refractivity contribution in [3.8, 4) is 11.5 Å². The Kier molecular flexibility index (Phi) is 3.06. The highest BCUT2D eigenvalue weighted by atomic mass is 16.5. The van der Waals surface area contributed by atoms with E-state index in [9.17, 15) is 9.90 Å². The SMILES string of the molecule is COC(=O)C=Nc1ccc(O)cc1O. The van der Waals surface area contributed by atoms with E-state index in [4.69, 9.17) is 5.11 Å². The number of phenols is 2. The molecule has 0 saturated carbocycles. The number of phenolic OH excluding ortho intramolecular Hbond substituents is 2. The van der Waals surface area contributed by atoms with Crippen LogP contribution in [0.1, 0.15) is 0 Å². The molecule has 0 unspecified atom stereocenters. The molecule has 5 nitrogen and oxygen atoms in total. The van der Waals surface area contributed by atoms with Crippen molar-refractivity contribution in [1.82, 2.24) is 0 Å². The second-order valence-corrected chi connectivity index (χ2v) is 2.45. The Bertz CT molecular complexity index is 373. The molecule has 1 rings (SSSR count). The summed E-state index contributed by atoms with van der Waals surface area (Å²) < 4.78 is 4.32. The van der Waals surface area contributed by atoms with Crippen LogP contribution in [0.25, 0.3) is 0 Å². The molecule has 0 spiro atoms. The third-order valence-electron chi connectivity index (χ3n) is 1.47. The van der Waals surface area contributed by atoms with E-state index in [0.717, 1.165) is 12.3 Å². The van der Waals surface area contributed by atoms with Crippen LogP contribution in [0.3, 0.4) is 0 Å². The van der Waals surface area contributed by atoms with Crippen molar-refractivity contribution in [2.45, 2.75) is 0 Å². The third-order valence-corrected chi connectivity index (χ3v) is 1.47. The molecule has 0 fully saturated rings. The van der Waals surface area contributed by atoms with Crippen molar-refractivity contribution in [1.29, 1.82) is 0 Å². The summed E-state index contributed by atoms with van der Waals surface area (Å²) in [5, 5.41) is 18.2. The molecule has 0 heterocycles. The van der Waals surface area contributed by atoms with Crippen LogP contribution >= 0.6 is 0 Å². The standard InChI is InChI=1S/C9H9NO4/c1-14-9(13)5-10-7-3-2-6(11)4-8(7)12/h2-5,11-12H,1H3. The second-order valence-electron chi connectivity index (χ2n) is 2.45. The molecule has 0 radical (unpaired) electrons. The average Bonchev–Trinajstić information content (AvgIpc) is 2.16. The minimum absolute atomic E-state index is 0.0699. The zero-order valence-corrected chi connectivity index (χ0v) is 7.47. The largest absolute Gasteiger partial charge is 0.508 e. The fourth-order valence-electron chi connectivity index (χ4n) is 0.796. The first-order valence-corrected chi connectivity index (χ1v) is 3.77. The fourth-order valence-corrected chi connectivity index (χ4v) is 0.796. The molecule has 14 heavy (non-hydrogen) atoms. The van der Waals surface area contributed by atoms with Gasteiger partial charge in [-0.1, -0.05) is 0 Å². The number of benzene rings is 1. The Balaban J connectivity index is 2.87. The van der Waals surface area contributed by atoms with Gasteiger partial charge in [-0.2, -0.15) is 0 Å². The number of carbonyl (C=O) groups excluding carboxylic acids is 1. The fraction of sp³-hybridized carbons (Fsp3) is 0.111. The van der Waals surface area contributed by atoms with Crippen molar-refractivity contribution < 1.29 is 19.7 Å². The Morgan fingerprint density at radius 2 is 2.21 bits per heavy atom. The van der Waals surface area contributed by atoms with E-state index in [1.807, 2.05) is 0 Å². The first kappa shape index (κ1) is 10.0. The maximum absolute atomic E-state index is 10.7. The van der Waals surface area contributed by atoms with Crippen molar-refractivity contribution in [3.63, 3.8) is 0 Å². The minimum atomic E-state index is -0.613. The average molecular weight is 195 g/mol. The van der Waals surface area contributed by atoms with Gasteiger partial charge in [-0.25, -0.2) is 9.79 Å². The number of methoxy groups -OCH3 is 1. The molecule has 1 aromatic carbocycles. The maximum atomic E-state index is 10.7. The maximum Gasteiger partial charge on any atom is 0.349 e. The van der Waals surface area contributed by atoms with Crippen LogP contribution in [0.5, 0.6) is 11.5 Å².